The molecule has 0 aromatic heterocycles. The fraction of sp³-hybridized carbons (Fsp3) is 0.722. The first-order valence-electron chi connectivity index (χ1n) is 9.03. The van der Waals surface area contributed by atoms with Crippen LogP contribution >= 0.6 is 11.8 Å². The molecule has 0 N–H and O–H groups in total. The highest BCUT2D eigenvalue weighted by molar-refractivity contribution is 8.03. The van der Waals surface area contributed by atoms with Crippen molar-refractivity contribution >= 4 is 29.4 Å². The topological polar surface area (TPSA) is 72.9 Å². The van der Waals surface area contributed by atoms with E-state index in [1.165, 1.54) is 11.8 Å². The van der Waals surface area contributed by atoms with E-state index in [0.717, 1.165) is 6.42 Å². The number of ketones is 1. The molecule has 1 unspecified atom stereocenters. The minimum absolute atomic E-state index is 0.0295. The van der Waals surface area contributed by atoms with Gasteiger partial charge in [-0.2, -0.15) is 0 Å². The Hall–Kier alpha value is -1.34. The fourth-order valence-corrected chi connectivity index (χ4v) is 7.80. The molecule has 0 radical (unpaired) electrons. The van der Waals surface area contributed by atoms with Crippen LogP contribution in [0.25, 0.3) is 0 Å². The summed E-state index contributed by atoms with van der Waals surface area (Å²) in [5.41, 5.74) is -4.07. The summed E-state index contributed by atoms with van der Waals surface area (Å²) in [6.07, 6.45) is 4.30. The van der Waals surface area contributed by atoms with E-state index in [-0.39, 0.29) is 18.3 Å². The molecule has 5 aliphatic heterocycles. The zero-order valence-corrected chi connectivity index (χ0v) is 15.2. The first kappa shape index (κ1) is 15.9. The quantitative estimate of drug-likeness (QED) is 0.561. The lowest BCUT2D eigenvalue weighted by Gasteiger charge is -2.55. The normalized spacial score (nSPS) is 48.9. The number of esters is 1. The molecule has 0 aromatic rings. The van der Waals surface area contributed by atoms with Crippen molar-refractivity contribution in [1.29, 1.82) is 0 Å². The highest BCUT2D eigenvalue weighted by Crippen LogP contribution is 2.78. The molecule has 0 aliphatic carbocycles. The van der Waals surface area contributed by atoms with Gasteiger partial charge in [-0.3, -0.25) is 9.59 Å². The maximum Gasteiger partial charge on any atom is 0.347 e. The third-order valence-electron chi connectivity index (χ3n) is 7.07. The molecule has 5 rings (SSSR count). The molecule has 0 saturated carbocycles. The number of nitrogens with zero attached hydrogens (tertiary/aromatic N) is 1. The van der Waals surface area contributed by atoms with E-state index >= 15 is 0 Å². The molecule has 2 bridgehead atoms. The van der Waals surface area contributed by atoms with Gasteiger partial charge in [0, 0.05) is 13.0 Å². The number of fused-ring (bicyclic) bond motifs is 2. The van der Waals surface area contributed by atoms with Crippen molar-refractivity contribution in [2.24, 2.45) is 10.8 Å². The summed E-state index contributed by atoms with van der Waals surface area (Å²) in [4.78, 5) is 41.4. The molecule has 0 aromatic carbocycles. The molecule has 2 spiro atoms. The van der Waals surface area contributed by atoms with Crippen LogP contribution in [0.5, 0.6) is 0 Å². The van der Waals surface area contributed by atoms with Gasteiger partial charge in [0.2, 0.25) is 11.5 Å². The second-order valence-electron chi connectivity index (χ2n) is 7.65. The Morgan fingerprint density at radius 1 is 1.44 bits per heavy atom. The molecule has 7 heteroatoms. The smallest absolute Gasteiger partial charge is 0.347 e. The Morgan fingerprint density at radius 3 is 2.96 bits per heavy atom. The third kappa shape index (κ3) is 1.26. The number of amides is 1. The Morgan fingerprint density at radius 2 is 2.24 bits per heavy atom. The summed E-state index contributed by atoms with van der Waals surface area (Å²) in [5, 5.41) is 1.52. The van der Waals surface area contributed by atoms with E-state index in [0.29, 0.717) is 25.8 Å². The lowest BCUT2D eigenvalue weighted by molar-refractivity contribution is -0.215. The average molecular weight is 363 g/mol. The van der Waals surface area contributed by atoms with Gasteiger partial charge in [0.1, 0.15) is 0 Å². The summed E-state index contributed by atoms with van der Waals surface area (Å²) in [6, 6.07) is 0. The predicted octanol–water partition coefficient (Wildman–Crippen LogP) is 1.64. The molecule has 134 valence electrons. The van der Waals surface area contributed by atoms with Crippen molar-refractivity contribution in [2.75, 3.05) is 13.2 Å². The standard InChI is InChI=1S/C18H21NO5S/c1-3-15-6-5-8-19-11(20)10-16-7-9-25-13(16)17(12(15)21,14(22)23-4-2)24-18(15,16)19/h7,9,13H,3-6,8,10H2,1-2H3/t13?,15-,16-,17+,18-/m1/s1. The van der Waals surface area contributed by atoms with Gasteiger partial charge in [0.25, 0.3) is 0 Å². The summed E-state index contributed by atoms with van der Waals surface area (Å²) in [5.74, 6) is -0.724. The van der Waals surface area contributed by atoms with Crippen molar-refractivity contribution in [3.63, 3.8) is 0 Å². The Balaban J connectivity index is 1.82. The van der Waals surface area contributed by atoms with Crippen molar-refractivity contribution in [3.8, 4) is 0 Å². The minimum atomic E-state index is -1.59. The van der Waals surface area contributed by atoms with Crippen LogP contribution in [-0.4, -0.2) is 52.3 Å². The second kappa shape index (κ2) is 4.49. The molecule has 25 heavy (non-hydrogen) atoms. The Kier molecular flexibility index (Phi) is 2.85. The molecule has 5 heterocycles. The molecule has 4 fully saturated rings. The van der Waals surface area contributed by atoms with E-state index in [4.69, 9.17) is 9.47 Å². The van der Waals surface area contributed by atoms with Crippen molar-refractivity contribution in [2.45, 2.75) is 56.1 Å². The molecule has 4 saturated heterocycles. The minimum Gasteiger partial charge on any atom is -0.463 e. The van der Waals surface area contributed by atoms with Crippen molar-refractivity contribution < 1.29 is 23.9 Å². The number of rotatable bonds is 3. The van der Waals surface area contributed by atoms with Gasteiger partial charge in [0.15, 0.2) is 11.5 Å². The number of hydrogen-bond acceptors (Lipinski definition) is 6. The van der Waals surface area contributed by atoms with Gasteiger partial charge in [-0.1, -0.05) is 13.0 Å². The zero-order chi connectivity index (χ0) is 17.7. The van der Waals surface area contributed by atoms with E-state index in [1.54, 1.807) is 11.8 Å². The van der Waals surface area contributed by atoms with Gasteiger partial charge < -0.3 is 14.4 Å². The van der Waals surface area contributed by atoms with Crippen LogP contribution in [0.15, 0.2) is 11.5 Å². The summed E-state index contributed by atoms with van der Waals surface area (Å²) in [6.45, 7) is 4.48. The van der Waals surface area contributed by atoms with Crippen LogP contribution in [0.2, 0.25) is 0 Å². The summed E-state index contributed by atoms with van der Waals surface area (Å²) in [7, 11) is 0. The van der Waals surface area contributed by atoms with E-state index in [2.05, 4.69) is 0 Å². The number of carbonyl (C=O) groups is 3. The zero-order valence-electron chi connectivity index (χ0n) is 14.4. The highest BCUT2D eigenvalue weighted by Gasteiger charge is 2.94. The molecule has 5 atom stereocenters. The van der Waals surface area contributed by atoms with Crippen molar-refractivity contribution in [3.05, 3.63) is 11.5 Å². The lowest BCUT2D eigenvalue weighted by Crippen LogP contribution is -2.70. The fourth-order valence-electron chi connectivity index (χ4n) is 6.31. The van der Waals surface area contributed by atoms with Gasteiger partial charge >= 0.3 is 5.97 Å². The van der Waals surface area contributed by atoms with Crippen LogP contribution in [-0.2, 0) is 23.9 Å². The first-order chi connectivity index (χ1) is 12.0. The van der Waals surface area contributed by atoms with Crippen LogP contribution < -0.4 is 0 Å². The van der Waals surface area contributed by atoms with Gasteiger partial charge in [-0.25, -0.2) is 4.79 Å². The number of thioether (sulfide) groups is 1. The van der Waals surface area contributed by atoms with Crippen LogP contribution in [0.3, 0.4) is 0 Å². The van der Waals surface area contributed by atoms with Crippen LogP contribution in [0, 0.1) is 10.8 Å². The molecule has 5 aliphatic rings. The van der Waals surface area contributed by atoms with Crippen LogP contribution in [0.1, 0.15) is 39.5 Å². The van der Waals surface area contributed by atoms with Crippen molar-refractivity contribution in [1.82, 2.24) is 4.90 Å². The number of ether oxygens (including phenoxy) is 2. The average Bonchev–Trinajstić information content (AvgIpc) is 3.25. The Bertz CT molecular complexity index is 752. The summed E-state index contributed by atoms with van der Waals surface area (Å²) < 4.78 is 11.8. The predicted molar refractivity (Wildman–Crippen MR) is 89.4 cm³/mol. The highest BCUT2D eigenvalue weighted by atomic mass is 32.2. The monoisotopic (exact) mass is 363 g/mol. The maximum atomic E-state index is 13.7. The first-order valence-corrected chi connectivity index (χ1v) is 9.97. The maximum absolute atomic E-state index is 13.7. The number of piperidine rings is 1. The van der Waals surface area contributed by atoms with E-state index in [1.807, 2.05) is 18.4 Å². The van der Waals surface area contributed by atoms with E-state index in [9.17, 15) is 14.4 Å². The van der Waals surface area contributed by atoms with E-state index < -0.39 is 33.4 Å². The largest absolute Gasteiger partial charge is 0.463 e. The SMILES string of the molecule is CCOC(=O)[C@]12O[C@]34N(CCC[C@]3(CC)C1=O)C(=O)C[C@@]41C=CSC21. The van der Waals surface area contributed by atoms with Crippen LogP contribution in [0.4, 0.5) is 0 Å². The lowest BCUT2D eigenvalue weighted by atomic mass is 9.51. The number of Topliss-reactive ketones (excluding diaryl/α,β-unsaturated/α-hetero) is 1. The molecule has 6 nitrogen and oxygen atoms in total. The van der Waals surface area contributed by atoms with Gasteiger partial charge in [0.05, 0.1) is 22.7 Å². The van der Waals surface area contributed by atoms with Gasteiger partial charge in [-0.05, 0) is 31.6 Å². The third-order valence-corrected chi connectivity index (χ3v) is 8.39. The number of hydrogen-bond donors (Lipinski definition) is 0. The second-order valence-corrected chi connectivity index (χ2v) is 8.67. The molecular weight excluding hydrogens is 342 g/mol. The van der Waals surface area contributed by atoms with Gasteiger partial charge in [-0.15, -0.1) is 11.8 Å². The molecule has 1 amide bonds. The Labute approximate surface area is 150 Å². The number of carbonyl (C=O) groups excluding carboxylic acids is 3. The molecular formula is C18H21NO5S. The summed E-state index contributed by atoms with van der Waals surface area (Å²) >= 11 is 1.44.